The predicted molar refractivity (Wildman–Crippen MR) is 78.1 cm³/mol. The van der Waals surface area contributed by atoms with Gasteiger partial charge < -0.3 is 8.92 Å². The van der Waals surface area contributed by atoms with E-state index in [2.05, 4.69) is 8.92 Å². The molecule has 0 N–H and O–H groups in total. The van der Waals surface area contributed by atoms with Gasteiger partial charge in [0.25, 0.3) is 0 Å². The number of hydrogen-bond donors (Lipinski definition) is 0. The number of methoxy groups -OCH3 is 1. The molecular formula is C15H15F3O5S. The van der Waals surface area contributed by atoms with Crippen LogP contribution in [0.3, 0.4) is 0 Å². The van der Waals surface area contributed by atoms with E-state index in [-0.39, 0.29) is 24.3 Å². The fraction of sp³-hybridized carbons (Fsp3) is 0.400. The fourth-order valence-corrected chi connectivity index (χ4v) is 3.06. The molecule has 132 valence electrons. The van der Waals surface area contributed by atoms with Gasteiger partial charge in [-0.3, -0.25) is 0 Å². The van der Waals surface area contributed by atoms with Crippen LogP contribution in [0.25, 0.3) is 0 Å². The van der Waals surface area contributed by atoms with Crippen LogP contribution >= 0.6 is 0 Å². The van der Waals surface area contributed by atoms with E-state index < -0.39 is 27.4 Å². The van der Waals surface area contributed by atoms with Crippen LogP contribution in [-0.2, 0) is 23.8 Å². The van der Waals surface area contributed by atoms with Gasteiger partial charge in [-0.05, 0) is 24.3 Å². The maximum absolute atomic E-state index is 12.5. The summed E-state index contributed by atoms with van der Waals surface area (Å²) in [7, 11) is -4.75. The lowest BCUT2D eigenvalue weighted by Crippen LogP contribution is -2.27. The van der Waals surface area contributed by atoms with Crippen molar-refractivity contribution in [3.05, 3.63) is 47.2 Å². The molecule has 1 aliphatic rings. The molecule has 0 saturated carbocycles. The molecule has 0 spiro atoms. The summed E-state index contributed by atoms with van der Waals surface area (Å²) in [6, 6.07) is 9.08. The molecule has 1 unspecified atom stereocenters. The van der Waals surface area contributed by atoms with E-state index in [1.54, 1.807) is 12.1 Å². The van der Waals surface area contributed by atoms with Crippen molar-refractivity contribution in [2.24, 2.45) is 0 Å². The predicted octanol–water partition coefficient (Wildman–Crippen LogP) is 3.25. The van der Waals surface area contributed by atoms with Crippen LogP contribution in [0.4, 0.5) is 13.2 Å². The number of ether oxygens (including phenoxy) is 1. The smallest absolute Gasteiger partial charge is 0.466 e. The number of esters is 1. The molecule has 0 radical (unpaired) electrons. The minimum atomic E-state index is -5.82. The van der Waals surface area contributed by atoms with Gasteiger partial charge in [0.1, 0.15) is 5.76 Å². The zero-order valence-corrected chi connectivity index (χ0v) is 13.5. The Morgan fingerprint density at radius 3 is 2.38 bits per heavy atom. The van der Waals surface area contributed by atoms with Crippen molar-refractivity contribution in [2.45, 2.75) is 30.7 Å². The van der Waals surface area contributed by atoms with Crippen molar-refractivity contribution in [2.75, 3.05) is 7.11 Å². The zero-order valence-electron chi connectivity index (χ0n) is 12.7. The van der Waals surface area contributed by atoms with Crippen molar-refractivity contribution >= 4 is 16.1 Å². The molecule has 24 heavy (non-hydrogen) atoms. The number of rotatable bonds is 4. The first-order chi connectivity index (χ1) is 11.2. The Balaban J connectivity index is 2.34. The summed E-state index contributed by atoms with van der Waals surface area (Å²) in [4.78, 5) is 11.9. The molecule has 0 saturated heterocycles. The summed E-state index contributed by atoms with van der Waals surface area (Å²) in [6.45, 7) is 0. The third-order valence-electron chi connectivity index (χ3n) is 3.70. The first-order valence-electron chi connectivity index (χ1n) is 7.01. The summed E-state index contributed by atoms with van der Waals surface area (Å²) in [6.07, 6.45) is 0.284. The second kappa shape index (κ2) is 6.84. The van der Waals surface area contributed by atoms with Gasteiger partial charge >= 0.3 is 21.6 Å². The van der Waals surface area contributed by atoms with Crippen molar-refractivity contribution in [3.63, 3.8) is 0 Å². The van der Waals surface area contributed by atoms with Crippen LogP contribution in [0.2, 0.25) is 0 Å². The van der Waals surface area contributed by atoms with Gasteiger partial charge in [0.15, 0.2) is 0 Å². The van der Waals surface area contributed by atoms with Gasteiger partial charge in [0.2, 0.25) is 0 Å². The number of hydrogen-bond acceptors (Lipinski definition) is 5. The highest BCUT2D eigenvalue weighted by Gasteiger charge is 2.49. The molecule has 1 atom stereocenters. The maximum Gasteiger partial charge on any atom is 0.534 e. The van der Waals surface area contributed by atoms with Crippen LogP contribution in [0.5, 0.6) is 0 Å². The van der Waals surface area contributed by atoms with E-state index in [9.17, 15) is 26.4 Å². The molecule has 9 heteroatoms. The van der Waals surface area contributed by atoms with Gasteiger partial charge in [0.05, 0.1) is 12.7 Å². The van der Waals surface area contributed by atoms with Gasteiger partial charge in [-0.15, -0.1) is 0 Å². The number of carbonyl (C=O) groups is 1. The average molecular weight is 364 g/mol. The molecule has 0 amide bonds. The Kier molecular flexibility index (Phi) is 5.22. The van der Waals surface area contributed by atoms with Crippen molar-refractivity contribution in [3.8, 4) is 0 Å². The third kappa shape index (κ3) is 3.89. The normalized spacial score (nSPS) is 19.1. The largest absolute Gasteiger partial charge is 0.534 e. The van der Waals surface area contributed by atoms with Gasteiger partial charge in [0, 0.05) is 6.42 Å². The minimum absolute atomic E-state index is 0.0411. The lowest BCUT2D eigenvalue weighted by Gasteiger charge is -2.26. The summed E-state index contributed by atoms with van der Waals surface area (Å²) in [5.41, 5.74) is -4.85. The molecule has 2 rings (SSSR count). The Hall–Kier alpha value is -2.03. The molecule has 5 nitrogen and oxygen atoms in total. The van der Waals surface area contributed by atoms with Crippen molar-refractivity contribution in [1.82, 2.24) is 0 Å². The summed E-state index contributed by atoms with van der Waals surface area (Å²) >= 11 is 0. The highest BCUT2D eigenvalue weighted by atomic mass is 32.2. The summed E-state index contributed by atoms with van der Waals surface area (Å²) in [5, 5.41) is 0. The van der Waals surface area contributed by atoms with Crippen molar-refractivity contribution < 1.29 is 35.3 Å². The molecule has 1 aromatic carbocycles. The van der Waals surface area contributed by atoms with Crippen LogP contribution in [0, 0.1) is 0 Å². The van der Waals surface area contributed by atoms with E-state index >= 15 is 0 Å². The zero-order chi connectivity index (χ0) is 18.0. The van der Waals surface area contributed by atoms with Gasteiger partial charge in [-0.25, -0.2) is 4.79 Å². The van der Waals surface area contributed by atoms with E-state index in [0.29, 0.717) is 6.42 Å². The van der Waals surface area contributed by atoms with E-state index in [1.165, 1.54) is 0 Å². The quantitative estimate of drug-likeness (QED) is 0.466. The van der Waals surface area contributed by atoms with Crippen molar-refractivity contribution in [1.29, 1.82) is 0 Å². The lowest BCUT2D eigenvalue weighted by atomic mass is 9.83. The third-order valence-corrected chi connectivity index (χ3v) is 4.69. The first-order valence-corrected chi connectivity index (χ1v) is 8.42. The molecular weight excluding hydrogens is 349 g/mol. The van der Waals surface area contributed by atoms with E-state index in [4.69, 9.17) is 0 Å². The molecule has 0 bridgehead atoms. The molecule has 1 aliphatic carbocycles. The average Bonchev–Trinajstić information content (AvgIpc) is 2.54. The van der Waals surface area contributed by atoms with Gasteiger partial charge in [-0.2, -0.15) is 21.6 Å². The Morgan fingerprint density at radius 1 is 1.21 bits per heavy atom. The number of carbonyl (C=O) groups excluding carboxylic acids is 1. The second-order valence-electron chi connectivity index (χ2n) is 5.23. The molecule has 0 aliphatic heterocycles. The van der Waals surface area contributed by atoms with E-state index in [1.807, 2.05) is 18.2 Å². The van der Waals surface area contributed by atoms with Crippen LogP contribution < -0.4 is 0 Å². The maximum atomic E-state index is 12.5. The summed E-state index contributed by atoms with van der Waals surface area (Å²) in [5.74, 6) is -1.55. The van der Waals surface area contributed by atoms with Crippen LogP contribution in [0.1, 0.15) is 30.7 Å². The Labute approximate surface area is 137 Å². The highest BCUT2D eigenvalue weighted by Crippen LogP contribution is 2.39. The standard InChI is InChI=1S/C15H15F3O5S/c1-22-14(19)12-9-11(10-5-3-2-4-6-10)7-8-13(12)23-24(20,21)15(16,17)18/h2-6,11H,7-9H2,1H3. The number of allylic oxidation sites excluding steroid dienone is 1. The Morgan fingerprint density at radius 2 is 1.83 bits per heavy atom. The molecule has 0 aromatic heterocycles. The second-order valence-corrected chi connectivity index (χ2v) is 6.76. The number of alkyl halides is 3. The monoisotopic (exact) mass is 364 g/mol. The lowest BCUT2D eigenvalue weighted by molar-refractivity contribution is -0.136. The topological polar surface area (TPSA) is 69.7 Å². The molecule has 0 heterocycles. The SMILES string of the molecule is COC(=O)C1=C(OS(=O)(=O)C(F)(F)F)CCC(c2ccccc2)C1. The minimum Gasteiger partial charge on any atom is -0.466 e. The number of halogens is 3. The van der Waals surface area contributed by atoms with E-state index in [0.717, 1.165) is 12.7 Å². The molecule has 1 aromatic rings. The van der Waals surface area contributed by atoms with Crippen LogP contribution in [-0.4, -0.2) is 27.0 Å². The van der Waals surface area contributed by atoms with Gasteiger partial charge in [-0.1, -0.05) is 30.3 Å². The molecule has 0 fully saturated rings. The summed E-state index contributed by atoms with van der Waals surface area (Å²) < 4.78 is 68.6. The van der Waals surface area contributed by atoms with Crippen LogP contribution in [0.15, 0.2) is 41.7 Å². The highest BCUT2D eigenvalue weighted by molar-refractivity contribution is 7.87. The first kappa shape index (κ1) is 18.3. The fourth-order valence-electron chi connectivity index (χ4n) is 2.52. The number of benzene rings is 1. The Bertz CT molecular complexity index is 738.